The maximum absolute atomic E-state index is 5.80. The molecule has 0 N–H and O–H groups in total. The van der Waals surface area contributed by atoms with E-state index in [1.807, 2.05) is 12.1 Å². The molecule has 2 aliphatic heterocycles. The van der Waals surface area contributed by atoms with Gasteiger partial charge in [0.15, 0.2) is 11.4 Å². The largest absolute Gasteiger partial charge is 0.378 e. The standard InChI is InChI=1S/C16H19BrN2O2/c1-11-9-16(10-20-11)5-7-19(8-6-16)15-12-3-2-4-13(17)14(12)21-18-15/h2-4,11H,5-10H2,1H3/t11-/m0/s1. The molecule has 0 saturated carbocycles. The highest BCUT2D eigenvalue weighted by atomic mass is 79.9. The molecule has 2 saturated heterocycles. The van der Waals surface area contributed by atoms with Crippen LogP contribution in [-0.2, 0) is 4.74 Å². The quantitative estimate of drug-likeness (QED) is 0.779. The number of fused-ring (bicyclic) bond motifs is 1. The van der Waals surface area contributed by atoms with Gasteiger partial charge in [0.1, 0.15) is 0 Å². The molecule has 1 spiro atoms. The number of para-hydroxylation sites is 1. The van der Waals surface area contributed by atoms with E-state index in [4.69, 9.17) is 9.26 Å². The smallest absolute Gasteiger partial charge is 0.183 e. The van der Waals surface area contributed by atoms with Crippen LogP contribution in [0.2, 0.25) is 0 Å². The third-order valence-electron chi connectivity index (χ3n) is 4.95. The van der Waals surface area contributed by atoms with Crippen LogP contribution in [0, 0.1) is 5.41 Å². The minimum atomic E-state index is 0.399. The average Bonchev–Trinajstić information content (AvgIpc) is 3.06. The molecule has 2 aliphatic rings. The second kappa shape index (κ2) is 4.99. The van der Waals surface area contributed by atoms with Gasteiger partial charge in [-0.05, 0) is 59.7 Å². The van der Waals surface area contributed by atoms with E-state index in [0.717, 1.165) is 41.0 Å². The lowest BCUT2D eigenvalue weighted by molar-refractivity contribution is 0.0975. The molecular formula is C16H19BrN2O2. The van der Waals surface area contributed by atoms with E-state index in [1.165, 1.54) is 19.3 Å². The number of rotatable bonds is 1. The maximum atomic E-state index is 5.80. The summed E-state index contributed by atoms with van der Waals surface area (Å²) in [6.45, 7) is 5.17. The van der Waals surface area contributed by atoms with E-state index < -0.39 is 0 Å². The van der Waals surface area contributed by atoms with Gasteiger partial charge in [-0.1, -0.05) is 11.2 Å². The average molecular weight is 351 g/mol. The summed E-state index contributed by atoms with van der Waals surface area (Å²) in [4.78, 5) is 2.35. The third-order valence-corrected chi connectivity index (χ3v) is 5.57. The van der Waals surface area contributed by atoms with Gasteiger partial charge in [0, 0.05) is 13.1 Å². The summed E-state index contributed by atoms with van der Waals surface area (Å²) in [6.07, 6.45) is 3.98. The van der Waals surface area contributed by atoms with Gasteiger partial charge < -0.3 is 14.2 Å². The van der Waals surface area contributed by atoms with Crippen molar-refractivity contribution in [3.63, 3.8) is 0 Å². The number of nitrogens with zero attached hydrogens (tertiary/aromatic N) is 2. The summed E-state index contributed by atoms with van der Waals surface area (Å²) in [5.41, 5.74) is 1.24. The SMILES string of the molecule is C[C@H]1CC2(CCN(c3noc4c(Br)cccc34)CC2)CO1. The van der Waals surface area contributed by atoms with Crippen molar-refractivity contribution in [1.82, 2.24) is 5.16 Å². The van der Waals surface area contributed by atoms with E-state index in [1.54, 1.807) is 0 Å². The molecule has 112 valence electrons. The van der Waals surface area contributed by atoms with Crippen LogP contribution >= 0.6 is 15.9 Å². The zero-order valence-corrected chi connectivity index (χ0v) is 13.7. The Hall–Kier alpha value is -1.07. The second-order valence-corrected chi connectivity index (χ2v) is 7.29. The first-order chi connectivity index (χ1) is 10.2. The number of piperidine rings is 1. The molecule has 21 heavy (non-hydrogen) atoms. The zero-order chi connectivity index (χ0) is 14.4. The summed E-state index contributed by atoms with van der Waals surface area (Å²) in [7, 11) is 0. The predicted molar refractivity (Wildman–Crippen MR) is 85.6 cm³/mol. The summed E-state index contributed by atoms with van der Waals surface area (Å²) >= 11 is 3.52. The molecule has 0 radical (unpaired) electrons. The molecular weight excluding hydrogens is 332 g/mol. The second-order valence-electron chi connectivity index (χ2n) is 6.44. The van der Waals surface area contributed by atoms with Crippen LogP contribution in [0.4, 0.5) is 5.82 Å². The summed E-state index contributed by atoms with van der Waals surface area (Å²) in [6, 6.07) is 6.10. The Morgan fingerprint density at radius 3 is 2.86 bits per heavy atom. The van der Waals surface area contributed by atoms with Gasteiger partial charge in [-0.15, -0.1) is 0 Å². The predicted octanol–water partition coefficient (Wildman–Crippen LogP) is 3.99. The van der Waals surface area contributed by atoms with Crippen LogP contribution in [-0.4, -0.2) is 31.0 Å². The Morgan fingerprint density at radius 1 is 1.33 bits per heavy atom. The molecule has 1 aromatic heterocycles. The van der Waals surface area contributed by atoms with Crippen molar-refractivity contribution in [2.75, 3.05) is 24.6 Å². The molecule has 0 aliphatic carbocycles. The van der Waals surface area contributed by atoms with Crippen LogP contribution in [0.1, 0.15) is 26.2 Å². The van der Waals surface area contributed by atoms with Crippen molar-refractivity contribution in [1.29, 1.82) is 0 Å². The highest BCUT2D eigenvalue weighted by Crippen LogP contribution is 2.43. The number of benzene rings is 1. The van der Waals surface area contributed by atoms with Crippen LogP contribution < -0.4 is 4.90 Å². The topological polar surface area (TPSA) is 38.5 Å². The first kappa shape index (κ1) is 13.6. The highest BCUT2D eigenvalue weighted by molar-refractivity contribution is 9.10. The Bertz CT molecular complexity index is 661. The Balaban J connectivity index is 1.57. The minimum absolute atomic E-state index is 0.399. The van der Waals surface area contributed by atoms with Crippen LogP contribution in [0.15, 0.2) is 27.2 Å². The van der Waals surface area contributed by atoms with Gasteiger partial charge in [-0.25, -0.2) is 0 Å². The van der Waals surface area contributed by atoms with Crippen molar-refractivity contribution in [3.05, 3.63) is 22.7 Å². The molecule has 3 heterocycles. The Labute approximate surface area is 132 Å². The van der Waals surface area contributed by atoms with Crippen molar-refractivity contribution < 1.29 is 9.26 Å². The summed E-state index contributed by atoms with van der Waals surface area (Å²) in [5, 5.41) is 5.39. The van der Waals surface area contributed by atoms with Gasteiger partial charge in [-0.3, -0.25) is 0 Å². The van der Waals surface area contributed by atoms with Crippen molar-refractivity contribution in [3.8, 4) is 0 Å². The molecule has 1 atom stereocenters. The fraction of sp³-hybridized carbons (Fsp3) is 0.562. The first-order valence-electron chi connectivity index (χ1n) is 7.57. The molecule has 0 unspecified atom stereocenters. The Morgan fingerprint density at radius 2 is 2.14 bits per heavy atom. The lowest BCUT2D eigenvalue weighted by Crippen LogP contribution is -2.40. The van der Waals surface area contributed by atoms with Crippen LogP contribution in [0.3, 0.4) is 0 Å². The fourth-order valence-corrected chi connectivity index (χ4v) is 4.17. The normalized spacial score (nSPS) is 25.0. The van der Waals surface area contributed by atoms with Crippen LogP contribution in [0.5, 0.6) is 0 Å². The third kappa shape index (κ3) is 2.27. The van der Waals surface area contributed by atoms with Gasteiger partial charge in [0.25, 0.3) is 0 Å². The Kier molecular flexibility index (Phi) is 3.23. The van der Waals surface area contributed by atoms with Gasteiger partial charge >= 0.3 is 0 Å². The van der Waals surface area contributed by atoms with Crippen molar-refractivity contribution in [2.24, 2.45) is 5.41 Å². The molecule has 5 heteroatoms. The van der Waals surface area contributed by atoms with E-state index in [-0.39, 0.29) is 0 Å². The van der Waals surface area contributed by atoms with Crippen LogP contribution in [0.25, 0.3) is 11.0 Å². The monoisotopic (exact) mass is 350 g/mol. The lowest BCUT2D eigenvalue weighted by Gasteiger charge is -2.38. The van der Waals surface area contributed by atoms with Gasteiger partial charge in [0.2, 0.25) is 0 Å². The number of hydrogen-bond acceptors (Lipinski definition) is 4. The number of hydrogen-bond donors (Lipinski definition) is 0. The molecule has 0 amide bonds. The summed E-state index contributed by atoms with van der Waals surface area (Å²) in [5.74, 6) is 0.980. The van der Waals surface area contributed by atoms with E-state index in [9.17, 15) is 0 Å². The molecule has 1 aromatic carbocycles. The fourth-order valence-electron chi connectivity index (χ4n) is 3.73. The number of anilines is 1. The van der Waals surface area contributed by atoms with Crippen molar-refractivity contribution in [2.45, 2.75) is 32.3 Å². The van der Waals surface area contributed by atoms with Crippen molar-refractivity contribution >= 4 is 32.7 Å². The molecule has 4 rings (SSSR count). The molecule has 0 bridgehead atoms. The molecule has 2 aromatic rings. The van der Waals surface area contributed by atoms with E-state index in [0.29, 0.717) is 11.5 Å². The van der Waals surface area contributed by atoms with E-state index >= 15 is 0 Å². The number of aromatic nitrogens is 1. The van der Waals surface area contributed by atoms with Gasteiger partial charge in [-0.2, -0.15) is 0 Å². The maximum Gasteiger partial charge on any atom is 0.183 e. The first-order valence-corrected chi connectivity index (χ1v) is 8.37. The van der Waals surface area contributed by atoms with Gasteiger partial charge in [0.05, 0.1) is 22.6 Å². The highest BCUT2D eigenvalue weighted by Gasteiger charge is 2.41. The molecule has 2 fully saturated rings. The zero-order valence-electron chi connectivity index (χ0n) is 12.1. The number of halogens is 1. The van der Waals surface area contributed by atoms with E-state index in [2.05, 4.69) is 39.0 Å². The number of ether oxygens (including phenoxy) is 1. The molecule has 4 nitrogen and oxygen atoms in total. The lowest BCUT2D eigenvalue weighted by atomic mass is 9.77. The minimum Gasteiger partial charge on any atom is -0.378 e. The summed E-state index contributed by atoms with van der Waals surface area (Å²) < 4.78 is 12.3.